The monoisotopic (exact) mass is 464 g/mol. The highest BCUT2D eigenvalue weighted by molar-refractivity contribution is 5.99. The highest BCUT2D eigenvalue weighted by Crippen LogP contribution is 2.30. The van der Waals surface area contributed by atoms with Crippen molar-refractivity contribution in [3.8, 4) is 0 Å². The molecule has 1 atom stereocenters. The van der Waals surface area contributed by atoms with Gasteiger partial charge >= 0.3 is 5.97 Å². The molecule has 0 aliphatic heterocycles. The summed E-state index contributed by atoms with van der Waals surface area (Å²) in [5.74, 6) is -0.518. The lowest BCUT2D eigenvalue weighted by molar-refractivity contribution is -0.145. The Kier molecular flexibility index (Phi) is 7.04. The predicted molar refractivity (Wildman–Crippen MR) is 133 cm³/mol. The SMILES string of the molecule is CCOC(=O)C(Cc1ccc2ccc(C(=N)N)cc2c1)c1cc2cc(C(=N)N)ccc2o1.Cl. The van der Waals surface area contributed by atoms with E-state index in [1.54, 1.807) is 31.2 Å². The van der Waals surface area contributed by atoms with Crippen molar-refractivity contribution >= 4 is 51.8 Å². The number of hydrogen-bond acceptors (Lipinski definition) is 5. The van der Waals surface area contributed by atoms with E-state index in [4.69, 9.17) is 31.4 Å². The van der Waals surface area contributed by atoms with Crippen LogP contribution >= 0.6 is 12.4 Å². The lowest BCUT2D eigenvalue weighted by atomic mass is 9.94. The molecule has 4 aromatic rings. The smallest absolute Gasteiger partial charge is 0.316 e. The first kappa shape index (κ1) is 23.8. The minimum absolute atomic E-state index is 0. The van der Waals surface area contributed by atoms with Gasteiger partial charge < -0.3 is 20.6 Å². The van der Waals surface area contributed by atoms with Gasteiger partial charge in [-0.3, -0.25) is 15.6 Å². The van der Waals surface area contributed by atoms with Gasteiger partial charge in [0.15, 0.2) is 0 Å². The molecular weight excluding hydrogens is 440 g/mol. The molecule has 0 saturated carbocycles. The Morgan fingerprint density at radius 3 is 2.21 bits per heavy atom. The van der Waals surface area contributed by atoms with Crippen molar-refractivity contribution in [1.82, 2.24) is 0 Å². The molecule has 0 saturated heterocycles. The molecule has 1 heterocycles. The highest BCUT2D eigenvalue weighted by Gasteiger charge is 2.26. The summed E-state index contributed by atoms with van der Waals surface area (Å²) >= 11 is 0. The Labute approximate surface area is 197 Å². The number of carbonyl (C=O) groups is 1. The number of furan rings is 1. The van der Waals surface area contributed by atoms with E-state index in [9.17, 15) is 4.79 Å². The van der Waals surface area contributed by atoms with Crippen LogP contribution in [0.1, 0.15) is 35.3 Å². The molecule has 0 spiro atoms. The van der Waals surface area contributed by atoms with Gasteiger partial charge in [-0.25, -0.2) is 0 Å². The fourth-order valence-corrected chi connectivity index (χ4v) is 3.77. The third-order valence-corrected chi connectivity index (χ3v) is 5.42. The van der Waals surface area contributed by atoms with E-state index >= 15 is 0 Å². The summed E-state index contributed by atoms with van der Waals surface area (Å²) in [5, 5.41) is 18.0. The number of rotatable bonds is 7. The van der Waals surface area contributed by atoms with E-state index < -0.39 is 5.92 Å². The van der Waals surface area contributed by atoms with Crippen LogP contribution in [-0.2, 0) is 16.0 Å². The summed E-state index contributed by atoms with van der Waals surface area (Å²) in [6, 6.07) is 18.6. The average molecular weight is 465 g/mol. The van der Waals surface area contributed by atoms with E-state index in [-0.39, 0.29) is 36.7 Å². The van der Waals surface area contributed by atoms with Gasteiger partial charge in [0.1, 0.15) is 28.9 Å². The van der Waals surface area contributed by atoms with Gasteiger partial charge in [-0.1, -0.05) is 30.3 Å². The summed E-state index contributed by atoms with van der Waals surface area (Å²) in [5.41, 5.74) is 14.0. The van der Waals surface area contributed by atoms with Gasteiger partial charge in [-0.05, 0) is 60.0 Å². The number of hydrogen-bond donors (Lipinski definition) is 4. The zero-order chi connectivity index (χ0) is 22.8. The molecule has 0 fully saturated rings. The number of ether oxygens (including phenoxy) is 1. The molecule has 4 rings (SSSR count). The van der Waals surface area contributed by atoms with Crippen molar-refractivity contribution in [2.24, 2.45) is 11.5 Å². The first-order chi connectivity index (χ1) is 15.4. The minimum atomic E-state index is -0.628. The fraction of sp³-hybridized carbons (Fsp3) is 0.160. The summed E-state index contributed by atoms with van der Waals surface area (Å²) in [6.45, 7) is 2.04. The molecule has 0 bridgehead atoms. The number of carbonyl (C=O) groups excluding carboxylic acids is 1. The van der Waals surface area contributed by atoms with Crippen molar-refractivity contribution in [3.63, 3.8) is 0 Å². The normalized spacial score (nSPS) is 11.7. The second-order valence-corrected chi connectivity index (χ2v) is 7.63. The van der Waals surface area contributed by atoms with Crippen LogP contribution in [0.3, 0.4) is 0 Å². The van der Waals surface area contributed by atoms with Gasteiger partial charge in [0.25, 0.3) is 0 Å². The maximum Gasteiger partial charge on any atom is 0.316 e. The van der Waals surface area contributed by atoms with E-state index in [0.717, 1.165) is 21.7 Å². The number of nitrogens with two attached hydrogens (primary N) is 2. The lowest BCUT2D eigenvalue weighted by Gasteiger charge is -2.14. The number of nitrogen functional groups attached to an aromatic ring is 2. The molecule has 33 heavy (non-hydrogen) atoms. The molecule has 8 heteroatoms. The highest BCUT2D eigenvalue weighted by atomic mass is 35.5. The molecule has 0 aliphatic carbocycles. The van der Waals surface area contributed by atoms with E-state index in [1.165, 1.54) is 0 Å². The topological polar surface area (TPSA) is 139 Å². The first-order valence-corrected chi connectivity index (χ1v) is 10.3. The summed E-state index contributed by atoms with van der Waals surface area (Å²) in [6.07, 6.45) is 0.387. The molecule has 1 unspecified atom stereocenters. The summed E-state index contributed by atoms with van der Waals surface area (Å²) in [7, 11) is 0. The number of amidine groups is 2. The van der Waals surface area contributed by atoms with Crippen LogP contribution < -0.4 is 11.5 Å². The third kappa shape index (κ3) is 4.99. The van der Waals surface area contributed by atoms with E-state index in [0.29, 0.717) is 28.9 Å². The number of benzene rings is 3. The molecule has 0 radical (unpaired) electrons. The van der Waals surface area contributed by atoms with Crippen molar-refractivity contribution in [1.29, 1.82) is 10.8 Å². The van der Waals surface area contributed by atoms with Gasteiger partial charge in [0, 0.05) is 16.5 Å². The zero-order valence-electron chi connectivity index (χ0n) is 18.1. The molecule has 0 aliphatic rings. The Bertz CT molecular complexity index is 1360. The fourth-order valence-electron chi connectivity index (χ4n) is 3.77. The molecular formula is C25H25ClN4O3. The summed E-state index contributed by atoms with van der Waals surface area (Å²) in [4.78, 5) is 12.8. The van der Waals surface area contributed by atoms with Crippen molar-refractivity contribution in [2.75, 3.05) is 6.61 Å². The first-order valence-electron chi connectivity index (χ1n) is 10.3. The molecule has 6 N–H and O–H groups in total. The minimum Gasteiger partial charge on any atom is -0.465 e. The van der Waals surface area contributed by atoms with Gasteiger partial charge in [0.2, 0.25) is 0 Å². The van der Waals surface area contributed by atoms with Crippen LogP contribution in [0.25, 0.3) is 21.7 Å². The third-order valence-electron chi connectivity index (χ3n) is 5.42. The van der Waals surface area contributed by atoms with E-state index in [1.807, 2.05) is 36.4 Å². The van der Waals surface area contributed by atoms with Gasteiger partial charge in [-0.2, -0.15) is 0 Å². The largest absolute Gasteiger partial charge is 0.465 e. The maximum atomic E-state index is 12.8. The van der Waals surface area contributed by atoms with Gasteiger partial charge in [-0.15, -0.1) is 12.4 Å². The van der Waals surface area contributed by atoms with Crippen molar-refractivity contribution in [2.45, 2.75) is 19.3 Å². The Balaban J connectivity index is 0.00000306. The van der Waals surface area contributed by atoms with Crippen LogP contribution in [0.5, 0.6) is 0 Å². The van der Waals surface area contributed by atoms with Gasteiger partial charge in [0.05, 0.1) is 6.61 Å². The van der Waals surface area contributed by atoms with Crippen LogP contribution in [0.2, 0.25) is 0 Å². The van der Waals surface area contributed by atoms with Crippen LogP contribution in [0, 0.1) is 10.8 Å². The molecule has 0 amide bonds. The van der Waals surface area contributed by atoms with Crippen LogP contribution in [-0.4, -0.2) is 24.2 Å². The quantitative estimate of drug-likeness (QED) is 0.181. The number of esters is 1. The van der Waals surface area contributed by atoms with Crippen LogP contribution in [0.15, 0.2) is 65.1 Å². The maximum absolute atomic E-state index is 12.8. The Hall–Kier alpha value is -3.84. The van der Waals surface area contributed by atoms with Crippen molar-refractivity contribution < 1.29 is 13.9 Å². The average Bonchev–Trinajstić information content (AvgIpc) is 3.19. The Morgan fingerprint density at radius 1 is 0.909 bits per heavy atom. The lowest BCUT2D eigenvalue weighted by Crippen LogP contribution is -2.18. The standard InChI is InChI=1S/C25H24N4O3.ClH/c1-2-31-25(30)20(22-13-19-12-17(24(28)29)7-8-21(19)32-22)10-14-3-4-15-5-6-16(23(26)27)11-18(15)9-14;/h3-9,11-13,20H,2,10H2,1H3,(H3,26,27)(H3,28,29);1H. The number of fused-ring (bicyclic) bond motifs is 2. The second kappa shape index (κ2) is 9.75. The van der Waals surface area contributed by atoms with E-state index in [2.05, 4.69) is 0 Å². The zero-order valence-corrected chi connectivity index (χ0v) is 18.9. The molecule has 7 nitrogen and oxygen atoms in total. The number of halogens is 1. The molecule has 170 valence electrons. The van der Waals surface area contributed by atoms with Crippen LogP contribution in [0.4, 0.5) is 0 Å². The molecule has 3 aromatic carbocycles. The summed E-state index contributed by atoms with van der Waals surface area (Å²) < 4.78 is 11.3. The predicted octanol–water partition coefficient (Wildman–Crippen LogP) is 4.47. The molecule has 1 aromatic heterocycles. The Morgan fingerprint density at radius 2 is 1.55 bits per heavy atom. The second-order valence-electron chi connectivity index (χ2n) is 7.63. The van der Waals surface area contributed by atoms with Crippen molar-refractivity contribution in [3.05, 3.63) is 83.1 Å². The number of nitrogens with one attached hydrogen (secondary N) is 2.